The Morgan fingerprint density at radius 1 is 1.19 bits per heavy atom. The highest BCUT2D eigenvalue weighted by Crippen LogP contribution is 2.43. The van der Waals surface area contributed by atoms with Crippen LogP contribution in [0.5, 0.6) is 11.5 Å². The fraction of sp³-hybridized carbons (Fsp3) is 0.318. The van der Waals surface area contributed by atoms with Gasteiger partial charge in [-0.25, -0.2) is 0 Å². The summed E-state index contributed by atoms with van der Waals surface area (Å²) in [5, 5.41) is 34.5. The molecular formula is C22H26N4O5. The number of amides is 1. The van der Waals surface area contributed by atoms with Crippen LogP contribution in [0.1, 0.15) is 48.4 Å². The number of carbonyl (C=O) groups excluding carboxylic acids is 1. The minimum atomic E-state index is -0.447. The molecule has 2 aromatic heterocycles. The van der Waals surface area contributed by atoms with E-state index in [1.54, 1.807) is 25.1 Å². The van der Waals surface area contributed by atoms with Crippen molar-refractivity contribution in [2.24, 2.45) is 0 Å². The van der Waals surface area contributed by atoms with Gasteiger partial charge in [0.1, 0.15) is 17.1 Å². The second-order valence-electron chi connectivity index (χ2n) is 7.28. The topological polar surface area (TPSA) is 134 Å². The molecule has 1 aromatic carbocycles. The zero-order valence-corrected chi connectivity index (χ0v) is 17.7. The largest absolute Gasteiger partial charge is 0.508 e. The van der Waals surface area contributed by atoms with Crippen LogP contribution in [-0.4, -0.2) is 39.5 Å². The molecule has 0 unspecified atom stereocenters. The van der Waals surface area contributed by atoms with Gasteiger partial charge in [-0.3, -0.25) is 4.79 Å². The summed E-state index contributed by atoms with van der Waals surface area (Å²) in [6, 6.07) is 4.53. The number of benzene rings is 1. The third kappa shape index (κ3) is 4.61. The summed E-state index contributed by atoms with van der Waals surface area (Å²) in [5.74, 6) is -0.293. The number of phenolic OH excluding ortho intramolecular Hbond substituents is 2. The van der Waals surface area contributed by atoms with Crippen molar-refractivity contribution in [3.63, 3.8) is 0 Å². The highest BCUT2D eigenvalue weighted by Gasteiger charge is 2.29. The van der Waals surface area contributed by atoms with E-state index in [1.165, 1.54) is 6.07 Å². The zero-order valence-electron chi connectivity index (χ0n) is 17.7. The predicted octanol–water partition coefficient (Wildman–Crippen LogP) is 3.56. The molecule has 0 fully saturated rings. The first kappa shape index (κ1) is 22.1. The molecule has 1 amide bonds. The van der Waals surface area contributed by atoms with Crippen LogP contribution >= 0.6 is 0 Å². The molecule has 0 saturated heterocycles. The average Bonchev–Trinajstić information content (AvgIpc) is 3.35. The summed E-state index contributed by atoms with van der Waals surface area (Å²) in [6.45, 7) is 10.7. The van der Waals surface area contributed by atoms with E-state index >= 15 is 0 Å². The number of nitrogens with zero attached hydrogens (tertiary/aromatic N) is 2. The zero-order chi connectivity index (χ0) is 22.5. The van der Waals surface area contributed by atoms with Crippen LogP contribution in [0.4, 0.5) is 0 Å². The van der Waals surface area contributed by atoms with Crippen molar-refractivity contribution in [3.8, 4) is 34.1 Å². The Morgan fingerprint density at radius 3 is 2.65 bits per heavy atom. The molecule has 2 heterocycles. The van der Waals surface area contributed by atoms with Crippen molar-refractivity contribution >= 4 is 5.91 Å². The molecule has 0 saturated carbocycles. The normalized spacial score (nSPS) is 11.1. The summed E-state index contributed by atoms with van der Waals surface area (Å²) in [5.41, 5.74) is 1.79. The maximum absolute atomic E-state index is 12.6. The first-order valence-electron chi connectivity index (χ1n) is 9.99. The van der Waals surface area contributed by atoms with E-state index in [1.807, 2.05) is 13.8 Å². The number of phenols is 2. The van der Waals surface area contributed by atoms with E-state index in [9.17, 15) is 15.0 Å². The molecule has 31 heavy (non-hydrogen) atoms. The number of aromatic hydroxyl groups is 2. The Hall–Kier alpha value is -3.59. The van der Waals surface area contributed by atoms with Gasteiger partial charge < -0.3 is 29.9 Å². The Labute approximate surface area is 179 Å². The summed E-state index contributed by atoms with van der Waals surface area (Å²) >= 11 is 0. The van der Waals surface area contributed by atoms with E-state index < -0.39 is 5.91 Å². The lowest BCUT2D eigenvalue weighted by Gasteiger charge is -2.11. The lowest BCUT2D eigenvalue weighted by molar-refractivity contribution is 0.0947. The van der Waals surface area contributed by atoms with Gasteiger partial charge >= 0.3 is 0 Å². The molecule has 164 valence electrons. The fourth-order valence-corrected chi connectivity index (χ4v) is 3.16. The second-order valence-corrected chi connectivity index (χ2v) is 7.28. The van der Waals surface area contributed by atoms with Gasteiger partial charge in [0.05, 0.1) is 11.3 Å². The summed E-state index contributed by atoms with van der Waals surface area (Å²) in [6.07, 6.45) is 1.73. The Bertz CT molecular complexity index is 1080. The Balaban J connectivity index is 2.14. The summed E-state index contributed by atoms with van der Waals surface area (Å²) < 4.78 is 11.0. The van der Waals surface area contributed by atoms with Crippen molar-refractivity contribution in [2.45, 2.75) is 33.2 Å². The van der Waals surface area contributed by atoms with Crippen molar-refractivity contribution in [1.29, 1.82) is 0 Å². The number of nitrogens with one attached hydrogen (secondary N) is 2. The SMILES string of the molecule is C=CCNCc1cc(-c2c(C(=O)NCC)noc2-c2cc(C(C)C)c(O)cc2O)on1. The third-order valence-corrected chi connectivity index (χ3v) is 4.66. The molecule has 0 atom stereocenters. The van der Waals surface area contributed by atoms with Crippen LogP contribution in [0.2, 0.25) is 0 Å². The van der Waals surface area contributed by atoms with Crippen molar-refractivity contribution in [2.75, 3.05) is 13.1 Å². The van der Waals surface area contributed by atoms with Gasteiger partial charge in [-0.1, -0.05) is 30.2 Å². The smallest absolute Gasteiger partial charge is 0.274 e. The number of hydrogen-bond acceptors (Lipinski definition) is 8. The molecule has 3 aromatic rings. The quantitative estimate of drug-likeness (QED) is 0.301. The number of hydrogen-bond donors (Lipinski definition) is 4. The summed E-state index contributed by atoms with van der Waals surface area (Å²) in [7, 11) is 0. The van der Waals surface area contributed by atoms with Crippen LogP contribution < -0.4 is 10.6 Å². The van der Waals surface area contributed by atoms with Gasteiger partial charge in [0.25, 0.3) is 5.91 Å². The molecule has 4 N–H and O–H groups in total. The van der Waals surface area contributed by atoms with E-state index in [4.69, 9.17) is 9.05 Å². The van der Waals surface area contributed by atoms with E-state index in [-0.39, 0.29) is 45.8 Å². The van der Waals surface area contributed by atoms with Gasteiger partial charge in [0.2, 0.25) is 0 Å². The second kappa shape index (κ2) is 9.48. The van der Waals surface area contributed by atoms with E-state index in [0.29, 0.717) is 30.9 Å². The molecule has 9 nitrogen and oxygen atoms in total. The summed E-state index contributed by atoms with van der Waals surface area (Å²) in [4.78, 5) is 12.6. The van der Waals surface area contributed by atoms with Crippen LogP contribution in [-0.2, 0) is 6.54 Å². The lowest BCUT2D eigenvalue weighted by atomic mass is 9.95. The minimum Gasteiger partial charge on any atom is -0.508 e. The van der Waals surface area contributed by atoms with Crippen molar-refractivity contribution < 1.29 is 24.1 Å². The van der Waals surface area contributed by atoms with Gasteiger partial charge in [-0.15, -0.1) is 6.58 Å². The maximum atomic E-state index is 12.6. The van der Waals surface area contributed by atoms with Crippen molar-refractivity contribution in [3.05, 3.63) is 47.8 Å². The molecule has 0 bridgehead atoms. The van der Waals surface area contributed by atoms with E-state index in [0.717, 1.165) is 0 Å². The lowest BCUT2D eigenvalue weighted by Crippen LogP contribution is -2.23. The van der Waals surface area contributed by atoms with Gasteiger partial charge in [0.15, 0.2) is 17.2 Å². The number of rotatable bonds is 9. The van der Waals surface area contributed by atoms with Crippen LogP contribution in [0.15, 0.2) is 39.9 Å². The average molecular weight is 426 g/mol. The van der Waals surface area contributed by atoms with Crippen molar-refractivity contribution in [1.82, 2.24) is 20.9 Å². The molecule has 0 radical (unpaired) electrons. The molecule has 0 aliphatic rings. The fourth-order valence-electron chi connectivity index (χ4n) is 3.16. The highest BCUT2D eigenvalue weighted by molar-refractivity contribution is 6.01. The third-order valence-electron chi connectivity index (χ3n) is 4.66. The van der Waals surface area contributed by atoms with E-state index in [2.05, 4.69) is 27.5 Å². The van der Waals surface area contributed by atoms with Crippen LogP contribution in [0, 0.1) is 0 Å². The Morgan fingerprint density at radius 2 is 1.97 bits per heavy atom. The first-order chi connectivity index (χ1) is 14.9. The van der Waals surface area contributed by atoms with Crippen LogP contribution in [0.3, 0.4) is 0 Å². The van der Waals surface area contributed by atoms with Crippen LogP contribution in [0.25, 0.3) is 22.6 Å². The number of carbonyl (C=O) groups is 1. The highest BCUT2D eigenvalue weighted by atomic mass is 16.5. The number of aromatic nitrogens is 2. The minimum absolute atomic E-state index is 0.0113. The maximum Gasteiger partial charge on any atom is 0.274 e. The molecule has 0 aliphatic heterocycles. The molecule has 9 heteroatoms. The van der Waals surface area contributed by atoms with Gasteiger partial charge in [-0.05, 0) is 24.5 Å². The molecule has 0 spiro atoms. The molecule has 3 rings (SSSR count). The molecule has 0 aliphatic carbocycles. The monoisotopic (exact) mass is 426 g/mol. The molecular weight excluding hydrogens is 400 g/mol. The Kier molecular flexibility index (Phi) is 6.76. The van der Waals surface area contributed by atoms with Gasteiger partial charge in [-0.2, -0.15) is 0 Å². The first-order valence-corrected chi connectivity index (χ1v) is 9.99. The van der Waals surface area contributed by atoms with Gasteiger partial charge in [0, 0.05) is 31.8 Å². The predicted molar refractivity (Wildman–Crippen MR) is 115 cm³/mol. The standard InChI is InChI=1S/C22H26N4O5/c1-5-7-23-11-13-8-18(30-25-13)19-20(22(29)24-6-2)26-31-21(19)15-9-14(12(3)4)16(27)10-17(15)28/h5,8-10,12,23,27-28H,1,6-7,11H2,2-4H3,(H,24,29).